The summed E-state index contributed by atoms with van der Waals surface area (Å²) in [5.74, 6) is 1.16. The van der Waals surface area contributed by atoms with Crippen LogP contribution >= 0.6 is 0 Å². The van der Waals surface area contributed by atoms with Crippen LogP contribution in [0.3, 0.4) is 0 Å². The number of aromatic amines is 1. The molecule has 2 heterocycles. The summed E-state index contributed by atoms with van der Waals surface area (Å²) >= 11 is 0. The lowest BCUT2D eigenvalue weighted by atomic mass is 9.99. The van der Waals surface area contributed by atoms with Crippen molar-refractivity contribution in [3.63, 3.8) is 0 Å². The van der Waals surface area contributed by atoms with Gasteiger partial charge in [-0.3, -0.25) is 9.69 Å². The Morgan fingerprint density at radius 3 is 2.53 bits per heavy atom. The Balaban J connectivity index is 1.56. The maximum atomic E-state index is 13.2. The van der Waals surface area contributed by atoms with Crippen molar-refractivity contribution in [1.82, 2.24) is 30.1 Å². The van der Waals surface area contributed by atoms with Crippen LogP contribution in [0.25, 0.3) is 10.9 Å². The Bertz CT molecular complexity index is 1350. The van der Waals surface area contributed by atoms with Gasteiger partial charge in [-0.2, -0.15) is 0 Å². The van der Waals surface area contributed by atoms with Gasteiger partial charge in [0.1, 0.15) is 0 Å². The minimum Gasteiger partial charge on any atom is -0.322 e. The number of hydrogen-bond acceptors (Lipinski definition) is 5. The molecule has 188 valence electrons. The number of hydrogen-bond donors (Lipinski definition) is 1. The van der Waals surface area contributed by atoms with Crippen LogP contribution in [0.2, 0.25) is 0 Å². The molecule has 1 atom stereocenters. The van der Waals surface area contributed by atoms with E-state index in [1.165, 1.54) is 24.0 Å². The molecular weight excluding hydrogens is 448 g/mol. The van der Waals surface area contributed by atoms with E-state index in [9.17, 15) is 4.79 Å². The average molecular weight is 485 g/mol. The van der Waals surface area contributed by atoms with Crippen LogP contribution in [-0.4, -0.2) is 30.1 Å². The molecule has 4 aromatic rings. The lowest BCUT2D eigenvalue weighted by Crippen LogP contribution is -2.35. The minimum absolute atomic E-state index is 0.0297. The molecule has 1 fully saturated rings. The van der Waals surface area contributed by atoms with Crippen molar-refractivity contribution in [2.45, 2.75) is 78.0 Å². The molecule has 2 aromatic heterocycles. The lowest BCUT2D eigenvalue weighted by Gasteiger charge is -2.34. The van der Waals surface area contributed by atoms with E-state index in [4.69, 9.17) is 0 Å². The minimum atomic E-state index is -0.0392. The molecule has 1 aliphatic carbocycles. The highest BCUT2D eigenvalue weighted by molar-refractivity contribution is 5.79. The smallest absolute Gasteiger partial charge is 0.252 e. The third-order valence-electron chi connectivity index (χ3n) is 7.47. The first-order valence-corrected chi connectivity index (χ1v) is 13.2. The van der Waals surface area contributed by atoms with E-state index >= 15 is 0 Å². The topological polar surface area (TPSA) is 79.7 Å². The van der Waals surface area contributed by atoms with Gasteiger partial charge in [-0.1, -0.05) is 70.0 Å². The van der Waals surface area contributed by atoms with Crippen LogP contribution < -0.4 is 5.56 Å². The number of pyridine rings is 1. The second kappa shape index (κ2) is 10.7. The van der Waals surface area contributed by atoms with Gasteiger partial charge in [0.05, 0.1) is 12.1 Å². The molecule has 1 N–H and O–H groups in total. The van der Waals surface area contributed by atoms with Gasteiger partial charge in [-0.25, -0.2) is 4.68 Å². The molecule has 0 radical (unpaired) electrons. The molecule has 7 nitrogen and oxygen atoms in total. The highest BCUT2D eigenvalue weighted by Crippen LogP contribution is 2.35. The number of benzene rings is 2. The molecule has 0 unspecified atom stereocenters. The molecule has 0 spiro atoms. The fourth-order valence-electron chi connectivity index (χ4n) is 5.62. The molecule has 1 saturated carbocycles. The quantitative estimate of drug-likeness (QED) is 0.335. The van der Waals surface area contributed by atoms with Crippen molar-refractivity contribution >= 4 is 10.9 Å². The molecule has 5 rings (SSSR count). The fraction of sp³-hybridized carbons (Fsp3) is 0.448. The summed E-state index contributed by atoms with van der Waals surface area (Å²) in [5, 5.41) is 14.2. The van der Waals surface area contributed by atoms with Gasteiger partial charge in [0, 0.05) is 24.2 Å². The lowest BCUT2D eigenvalue weighted by molar-refractivity contribution is 0.123. The Kier molecular flexibility index (Phi) is 7.28. The number of nitrogens with one attached hydrogen (secondary N) is 1. The Hall–Kier alpha value is -3.32. The van der Waals surface area contributed by atoms with E-state index in [-0.39, 0.29) is 17.5 Å². The zero-order chi connectivity index (χ0) is 25.1. The van der Waals surface area contributed by atoms with Crippen molar-refractivity contribution in [2.75, 3.05) is 0 Å². The van der Waals surface area contributed by atoms with Crippen LogP contribution in [0.5, 0.6) is 0 Å². The molecule has 1 aliphatic rings. The number of aryl methyl sites for hydroxylation is 1. The third-order valence-corrected chi connectivity index (χ3v) is 7.47. The van der Waals surface area contributed by atoms with Crippen molar-refractivity contribution in [1.29, 1.82) is 0 Å². The highest BCUT2D eigenvalue weighted by Gasteiger charge is 2.32. The first kappa shape index (κ1) is 24.4. The standard InChI is InChI=1S/C29H36N6O/c1-4-21-14-15-26-23(16-21)17-24(29(36)30-26)19-34(18-22-10-6-5-7-11-22)27(20(2)3)28-31-32-33-35(28)25-12-8-9-13-25/h5-7,10-11,14-17,20,25,27H,4,8-9,12-13,18-19H2,1-3H3,(H,30,36)/t27-/m0/s1. The van der Waals surface area contributed by atoms with Crippen molar-refractivity contribution < 1.29 is 0 Å². The third kappa shape index (κ3) is 5.12. The zero-order valence-corrected chi connectivity index (χ0v) is 21.5. The SMILES string of the molecule is CCc1ccc2[nH]c(=O)c(CN(Cc3ccccc3)[C@H](c3nnnn3C3CCCC3)C(C)C)cc2c1. The maximum Gasteiger partial charge on any atom is 0.252 e. The van der Waals surface area contributed by atoms with E-state index in [0.717, 1.165) is 41.6 Å². The molecule has 36 heavy (non-hydrogen) atoms. The first-order valence-electron chi connectivity index (χ1n) is 13.2. The van der Waals surface area contributed by atoms with E-state index in [0.29, 0.717) is 19.1 Å². The molecule has 0 amide bonds. The monoisotopic (exact) mass is 484 g/mol. The van der Waals surface area contributed by atoms with Crippen LogP contribution in [0.4, 0.5) is 0 Å². The van der Waals surface area contributed by atoms with E-state index in [2.05, 4.69) is 93.3 Å². The van der Waals surface area contributed by atoms with Crippen molar-refractivity contribution in [3.05, 3.63) is 87.5 Å². The average Bonchev–Trinajstić information content (AvgIpc) is 3.57. The summed E-state index contributed by atoms with van der Waals surface area (Å²) < 4.78 is 2.06. The van der Waals surface area contributed by atoms with Gasteiger partial charge < -0.3 is 4.98 Å². The summed E-state index contributed by atoms with van der Waals surface area (Å²) in [7, 11) is 0. The Morgan fingerprint density at radius 1 is 1.03 bits per heavy atom. The molecule has 0 bridgehead atoms. The number of nitrogens with zero attached hydrogens (tertiary/aromatic N) is 5. The summed E-state index contributed by atoms with van der Waals surface area (Å²) in [5.41, 5.74) is 4.06. The fourth-order valence-corrected chi connectivity index (χ4v) is 5.62. The second-order valence-electron chi connectivity index (χ2n) is 10.4. The molecule has 2 aromatic carbocycles. The summed E-state index contributed by atoms with van der Waals surface area (Å²) in [6.45, 7) is 7.80. The predicted molar refractivity (Wildman–Crippen MR) is 143 cm³/mol. The second-order valence-corrected chi connectivity index (χ2v) is 10.4. The van der Waals surface area contributed by atoms with Gasteiger partial charge in [0.25, 0.3) is 5.56 Å². The molecule has 0 aliphatic heterocycles. The number of rotatable bonds is 9. The summed E-state index contributed by atoms with van der Waals surface area (Å²) in [6.07, 6.45) is 5.63. The number of aromatic nitrogens is 5. The summed E-state index contributed by atoms with van der Waals surface area (Å²) in [4.78, 5) is 18.7. The van der Waals surface area contributed by atoms with E-state index in [1.807, 2.05) is 12.1 Å². The Morgan fingerprint density at radius 2 is 1.81 bits per heavy atom. The summed E-state index contributed by atoms with van der Waals surface area (Å²) in [6, 6.07) is 19.1. The van der Waals surface area contributed by atoms with Crippen molar-refractivity contribution in [2.24, 2.45) is 5.92 Å². The van der Waals surface area contributed by atoms with Crippen molar-refractivity contribution in [3.8, 4) is 0 Å². The van der Waals surface area contributed by atoms with Crippen LogP contribution in [0.1, 0.15) is 81.1 Å². The molecular formula is C29H36N6O. The Labute approximate surface area is 212 Å². The van der Waals surface area contributed by atoms with E-state index < -0.39 is 0 Å². The first-order chi connectivity index (χ1) is 17.5. The predicted octanol–water partition coefficient (Wildman–Crippen LogP) is 5.59. The molecule has 0 saturated heterocycles. The van der Waals surface area contributed by atoms with Gasteiger partial charge in [0.15, 0.2) is 5.82 Å². The van der Waals surface area contributed by atoms with Gasteiger partial charge >= 0.3 is 0 Å². The van der Waals surface area contributed by atoms with Gasteiger partial charge in [-0.15, -0.1) is 5.10 Å². The van der Waals surface area contributed by atoms with Gasteiger partial charge in [-0.05, 0) is 70.3 Å². The normalized spacial score (nSPS) is 15.4. The molecule has 7 heteroatoms. The van der Waals surface area contributed by atoms with E-state index in [1.54, 1.807) is 0 Å². The van der Waals surface area contributed by atoms with Crippen LogP contribution in [0, 0.1) is 5.92 Å². The zero-order valence-electron chi connectivity index (χ0n) is 21.5. The largest absolute Gasteiger partial charge is 0.322 e. The number of fused-ring (bicyclic) bond motifs is 1. The number of H-pyrrole nitrogens is 1. The van der Waals surface area contributed by atoms with Crippen LogP contribution in [0.15, 0.2) is 59.4 Å². The van der Waals surface area contributed by atoms with Crippen LogP contribution in [-0.2, 0) is 19.5 Å². The number of tetrazole rings is 1. The highest BCUT2D eigenvalue weighted by atomic mass is 16.1. The maximum absolute atomic E-state index is 13.2. The van der Waals surface area contributed by atoms with Gasteiger partial charge in [0.2, 0.25) is 0 Å².